The van der Waals surface area contributed by atoms with Gasteiger partial charge < -0.3 is 14.8 Å². The molecule has 6 heteroatoms. The average molecular weight is 311 g/mol. The summed E-state index contributed by atoms with van der Waals surface area (Å²) in [4.78, 5) is 11.4. The predicted molar refractivity (Wildman–Crippen MR) is 78.6 cm³/mol. The molecule has 4 nitrogen and oxygen atoms in total. The Morgan fingerprint density at radius 1 is 1.27 bits per heavy atom. The second-order valence-corrected chi connectivity index (χ2v) is 5.45. The van der Waals surface area contributed by atoms with E-state index in [0.717, 1.165) is 12.1 Å². The average Bonchev–Trinajstić information content (AvgIpc) is 2.35. The van der Waals surface area contributed by atoms with E-state index in [1.54, 1.807) is 20.8 Å². The molecule has 0 aliphatic heterocycles. The lowest BCUT2D eigenvalue weighted by molar-refractivity contribution is 0.0529. The summed E-state index contributed by atoms with van der Waals surface area (Å²) in [6, 6.07) is 2.19. The maximum absolute atomic E-state index is 13.4. The van der Waals surface area contributed by atoms with E-state index in [1.165, 1.54) is 7.11 Å². The second kappa shape index (κ2) is 7.64. The largest absolute Gasteiger partial charge is 0.491 e. The molecule has 120 valence electrons. The van der Waals surface area contributed by atoms with E-state index < -0.39 is 29.1 Å². The van der Waals surface area contributed by atoms with Crippen molar-refractivity contribution in [2.24, 2.45) is 0 Å². The number of hydrogen-bond acceptors (Lipinski definition) is 3. The number of amides is 1. The zero-order valence-corrected chi connectivity index (χ0v) is 13.0. The van der Waals surface area contributed by atoms with E-state index in [0.29, 0.717) is 6.42 Å². The molecular formula is C16H19F2NO3. The van der Waals surface area contributed by atoms with Crippen LogP contribution in [0, 0.1) is 23.5 Å². The van der Waals surface area contributed by atoms with E-state index in [9.17, 15) is 13.6 Å². The van der Waals surface area contributed by atoms with Crippen LogP contribution in [-0.2, 0) is 4.74 Å². The van der Waals surface area contributed by atoms with Gasteiger partial charge in [0.05, 0.1) is 7.11 Å². The zero-order chi connectivity index (χ0) is 16.8. The summed E-state index contributed by atoms with van der Waals surface area (Å²) in [5.74, 6) is 3.29. The number of halogens is 2. The number of nitrogens with one attached hydrogen (secondary N) is 1. The van der Waals surface area contributed by atoms with Crippen LogP contribution in [0.4, 0.5) is 13.6 Å². The van der Waals surface area contributed by atoms with Gasteiger partial charge in [0.15, 0.2) is 17.4 Å². The number of benzene rings is 1. The zero-order valence-electron chi connectivity index (χ0n) is 13.0. The molecular weight excluding hydrogens is 292 g/mol. The SMILES string of the molecule is COc1c(F)cc(C#CCCNC(=O)OC(C)(C)C)cc1F. The van der Waals surface area contributed by atoms with Crippen molar-refractivity contribution in [2.45, 2.75) is 32.8 Å². The van der Waals surface area contributed by atoms with Gasteiger partial charge >= 0.3 is 6.09 Å². The van der Waals surface area contributed by atoms with E-state index in [1.807, 2.05) is 0 Å². The highest BCUT2D eigenvalue weighted by atomic mass is 19.1. The summed E-state index contributed by atoms with van der Waals surface area (Å²) in [6.07, 6.45) is -0.204. The van der Waals surface area contributed by atoms with Gasteiger partial charge in [0.1, 0.15) is 5.60 Å². The number of hydrogen-bond donors (Lipinski definition) is 1. The first-order chi connectivity index (χ1) is 10.2. The van der Waals surface area contributed by atoms with Crippen LogP contribution in [0.1, 0.15) is 32.8 Å². The van der Waals surface area contributed by atoms with Crippen LogP contribution in [0.2, 0.25) is 0 Å². The van der Waals surface area contributed by atoms with E-state index in [2.05, 4.69) is 21.9 Å². The first kappa shape index (κ1) is 17.8. The van der Waals surface area contributed by atoms with E-state index in [-0.39, 0.29) is 12.1 Å². The molecule has 0 saturated carbocycles. The third-order valence-corrected chi connectivity index (χ3v) is 2.35. The van der Waals surface area contributed by atoms with Crippen molar-refractivity contribution >= 4 is 6.09 Å². The lowest BCUT2D eigenvalue weighted by atomic mass is 10.2. The quantitative estimate of drug-likeness (QED) is 0.688. The Morgan fingerprint density at radius 2 is 1.86 bits per heavy atom. The normalized spacial score (nSPS) is 10.5. The molecule has 0 aliphatic carbocycles. The van der Waals surface area contributed by atoms with Crippen molar-refractivity contribution in [3.8, 4) is 17.6 Å². The Kier molecular flexibility index (Phi) is 6.17. The molecule has 0 spiro atoms. The first-order valence-corrected chi connectivity index (χ1v) is 6.71. The van der Waals surface area contributed by atoms with Gasteiger partial charge in [-0.05, 0) is 32.9 Å². The third kappa shape index (κ3) is 6.00. The molecule has 0 bridgehead atoms. The fourth-order valence-corrected chi connectivity index (χ4v) is 1.53. The number of ether oxygens (including phenoxy) is 2. The maximum Gasteiger partial charge on any atom is 0.407 e. The summed E-state index contributed by atoms with van der Waals surface area (Å²) >= 11 is 0. The minimum Gasteiger partial charge on any atom is -0.491 e. The number of alkyl carbamates (subject to hydrolysis) is 1. The van der Waals surface area contributed by atoms with Crippen LogP contribution in [0.3, 0.4) is 0 Å². The Balaban J connectivity index is 2.50. The highest BCUT2D eigenvalue weighted by molar-refractivity contribution is 5.67. The minimum absolute atomic E-state index is 0.202. The Morgan fingerprint density at radius 3 is 2.36 bits per heavy atom. The molecule has 22 heavy (non-hydrogen) atoms. The van der Waals surface area contributed by atoms with Crippen LogP contribution >= 0.6 is 0 Å². The van der Waals surface area contributed by atoms with E-state index >= 15 is 0 Å². The third-order valence-electron chi connectivity index (χ3n) is 2.35. The second-order valence-electron chi connectivity index (χ2n) is 5.45. The molecule has 1 amide bonds. The Hall–Kier alpha value is -2.29. The van der Waals surface area contributed by atoms with Gasteiger partial charge in [-0.2, -0.15) is 0 Å². The molecule has 0 unspecified atom stereocenters. The monoisotopic (exact) mass is 311 g/mol. The number of rotatable bonds is 3. The van der Waals surface area contributed by atoms with E-state index in [4.69, 9.17) is 4.74 Å². The molecule has 0 aromatic heterocycles. The molecule has 0 atom stereocenters. The molecule has 1 rings (SSSR count). The molecule has 0 saturated heterocycles. The lowest BCUT2D eigenvalue weighted by Crippen LogP contribution is -2.32. The van der Waals surface area contributed by atoms with Crippen molar-refractivity contribution < 1.29 is 23.0 Å². The topological polar surface area (TPSA) is 47.6 Å². The highest BCUT2D eigenvalue weighted by Crippen LogP contribution is 2.22. The van der Waals surface area contributed by atoms with Crippen molar-refractivity contribution in [2.75, 3.05) is 13.7 Å². The molecule has 1 N–H and O–H groups in total. The van der Waals surface area contributed by atoms with Gasteiger partial charge in [0, 0.05) is 18.5 Å². The van der Waals surface area contributed by atoms with Gasteiger partial charge in [0.2, 0.25) is 0 Å². The molecule has 0 aliphatic rings. The summed E-state index contributed by atoms with van der Waals surface area (Å²) < 4.78 is 36.5. The van der Waals surface area contributed by atoms with Crippen LogP contribution in [0.15, 0.2) is 12.1 Å². The predicted octanol–water partition coefficient (Wildman–Crippen LogP) is 3.24. The van der Waals surface area contributed by atoms with Crippen LogP contribution < -0.4 is 10.1 Å². The van der Waals surface area contributed by atoms with Crippen molar-refractivity contribution in [3.05, 3.63) is 29.3 Å². The first-order valence-electron chi connectivity index (χ1n) is 6.71. The lowest BCUT2D eigenvalue weighted by Gasteiger charge is -2.19. The highest BCUT2D eigenvalue weighted by Gasteiger charge is 2.15. The summed E-state index contributed by atoms with van der Waals surface area (Å²) in [5.41, 5.74) is -0.360. The van der Waals surface area contributed by atoms with Crippen LogP contribution in [0.5, 0.6) is 5.75 Å². The molecule has 0 radical (unpaired) electrons. The van der Waals surface area contributed by atoms with Crippen LogP contribution in [0.25, 0.3) is 0 Å². The number of carbonyl (C=O) groups excluding carboxylic acids is 1. The fraction of sp³-hybridized carbons (Fsp3) is 0.438. The number of methoxy groups -OCH3 is 1. The molecule has 1 aromatic rings. The molecule has 1 aromatic carbocycles. The number of carbonyl (C=O) groups is 1. The van der Waals surface area contributed by atoms with Crippen molar-refractivity contribution in [1.29, 1.82) is 0 Å². The van der Waals surface area contributed by atoms with Gasteiger partial charge in [-0.3, -0.25) is 0 Å². The standard InChI is InChI=1S/C16H19F2NO3/c1-16(2,3)22-15(20)19-8-6-5-7-11-9-12(17)14(21-4)13(18)10-11/h9-10H,6,8H2,1-4H3,(H,19,20). The van der Waals surface area contributed by atoms with Gasteiger partial charge in [-0.15, -0.1) is 0 Å². The minimum atomic E-state index is -0.807. The molecule has 0 heterocycles. The molecule has 0 fully saturated rings. The summed E-state index contributed by atoms with van der Waals surface area (Å²) in [6.45, 7) is 5.57. The van der Waals surface area contributed by atoms with Crippen LogP contribution in [-0.4, -0.2) is 25.3 Å². The van der Waals surface area contributed by atoms with Gasteiger partial charge in [-0.25, -0.2) is 13.6 Å². The van der Waals surface area contributed by atoms with Gasteiger partial charge in [0.25, 0.3) is 0 Å². The summed E-state index contributed by atoms with van der Waals surface area (Å²) in [7, 11) is 1.19. The summed E-state index contributed by atoms with van der Waals surface area (Å²) in [5, 5.41) is 2.53. The fourth-order valence-electron chi connectivity index (χ4n) is 1.53. The van der Waals surface area contributed by atoms with Crippen molar-refractivity contribution in [1.82, 2.24) is 5.32 Å². The maximum atomic E-state index is 13.4. The Labute approximate surface area is 128 Å². The Bertz CT molecular complexity index is 575. The van der Waals surface area contributed by atoms with Crippen molar-refractivity contribution in [3.63, 3.8) is 0 Å². The smallest absolute Gasteiger partial charge is 0.407 e. The van der Waals surface area contributed by atoms with Gasteiger partial charge in [-0.1, -0.05) is 11.8 Å².